The summed E-state index contributed by atoms with van der Waals surface area (Å²) in [5.41, 5.74) is 0.474. The highest BCUT2D eigenvalue weighted by atomic mass is 32.2. The van der Waals surface area contributed by atoms with Gasteiger partial charge in [0.1, 0.15) is 17.7 Å². The molecule has 10 heteroatoms. The fourth-order valence-corrected chi connectivity index (χ4v) is 4.40. The third kappa shape index (κ3) is 4.75. The van der Waals surface area contributed by atoms with Gasteiger partial charge >= 0.3 is 0 Å². The lowest BCUT2D eigenvalue weighted by molar-refractivity contribution is -0.131. The van der Waals surface area contributed by atoms with Crippen molar-refractivity contribution in [1.29, 1.82) is 5.26 Å². The van der Waals surface area contributed by atoms with E-state index in [1.807, 2.05) is 4.90 Å². The fraction of sp³-hybridized carbons (Fsp3) is 0.350. The van der Waals surface area contributed by atoms with Gasteiger partial charge in [-0.25, -0.2) is 17.8 Å². The van der Waals surface area contributed by atoms with Crippen LogP contribution in [0.1, 0.15) is 12.0 Å². The largest absolute Gasteiger partial charge is 0.354 e. The zero-order valence-electron chi connectivity index (χ0n) is 16.5. The number of carbonyl (C=O) groups excluding carboxylic acids is 1. The van der Waals surface area contributed by atoms with Crippen LogP contribution < -0.4 is 4.90 Å². The molecule has 1 saturated heterocycles. The maximum absolute atomic E-state index is 13.1. The molecule has 0 aliphatic carbocycles. The van der Waals surface area contributed by atoms with Crippen LogP contribution in [0.25, 0.3) is 0 Å². The standard InChI is InChI=1S/C20H22FN5O3S/c1-24(30(28,29)18-7-5-17(21)6-8-18)15-19(27)25-10-3-11-26(13-12-25)20-16(14-22)4-2-9-23-20/h2,4-9H,3,10-13,15H2,1H3. The highest BCUT2D eigenvalue weighted by Crippen LogP contribution is 2.19. The molecule has 2 heterocycles. The number of hydrogen-bond donors (Lipinski definition) is 0. The number of pyridine rings is 1. The van der Waals surface area contributed by atoms with Crippen LogP contribution in [0.3, 0.4) is 0 Å². The van der Waals surface area contributed by atoms with E-state index in [1.165, 1.54) is 19.2 Å². The van der Waals surface area contributed by atoms with Gasteiger partial charge in [-0.1, -0.05) is 0 Å². The molecule has 0 bridgehead atoms. The number of likely N-dealkylation sites (N-methyl/N-ethyl adjacent to an activating group) is 1. The average molecular weight is 431 g/mol. The Hall–Kier alpha value is -3.03. The van der Waals surface area contributed by atoms with Crippen molar-refractivity contribution < 1.29 is 17.6 Å². The first-order valence-corrected chi connectivity index (χ1v) is 10.9. The van der Waals surface area contributed by atoms with E-state index in [0.29, 0.717) is 44.0 Å². The Morgan fingerprint density at radius 2 is 1.93 bits per heavy atom. The molecule has 1 aromatic carbocycles. The second kappa shape index (κ2) is 9.19. The second-order valence-corrected chi connectivity index (χ2v) is 8.97. The van der Waals surface area contributed by atoms with Crippen molar-refractivity contribution in [2.24, 2.45) is 0 Å². The van der Waals surface area contributed by atoms with Crippen LogP contribution in [0.5, 0.6) is 0 Å². The van der Waals surface area contributed by atoms with E-state index in [1.54, 1.807) is 23.2 Å². The molecule has 2 aromatic rings. The molecule has 0 spiro atoms. The van der Waals surface area contributed by atoms with Gasteiger partial charge in [0.2, 0.25) is 15.9 Å². The molecule has 1 fully saturated rings. The summed E-state index contributed by atoms with van der Waals surface area (Å²) in [6.07, 6.45) is 2.29. The summed E-state index contributed by atoms with van der Waals surface area (Å²) >= 11 is 0. The van der Waals surface area contributed by atoms with Crippen molar-refractivity contribution in [3.8, 4) is 6.07 Å². The van der Waals surface area contributed by atoms with Crippen molar-refractivity contribution in [1.82, 2.24) is 14.2 Å². The Kier molecular flexibility index (Phi) is 6.64. The van der Waals surface area contributed by atoms with E-state index in [2.05, 4.69) is 11.1 Å². The molecule has 1 aromatic heterocycles. The van der Waals surface area contributed by atoms with Gasteiger partial charge in [-0.3, -0.25) is 4.79 Å². The first-order chi connectivity index (χ1) is 14.3. The van der Waals surface area contributed by atoms with Crippen LogP contribution in [0, 0.1) is 17.1 Å². The average Bonchev–Trinajstić information content (AvgIpc) is 3.00. The molecular weight excluding hydrogens is 409 g/mol. The minimum Gasteiger partial charge on any atom is -0.354 e. The van der Waals surface area contributed by atoms with Gasteiger partial charge < -0.3 is 9.80 Å². The van der Waals surface area contributed by atoms with Gasteiger partial charge in [0.05, 0.1) is 17.0 Å². The number of aromatic nitrogens is 1. The van der Waals surface area contributed by atoms with Gasteiger partial charge in [-0.15, -0.1) is 0 Å². The molecule has 1 aliphatic rings. The Balaban J connectivity index is 1.65. The first-order valence-electron chi connectivity index (χ1n) is 9.42. The summed E-state index contributed by atoms with van der Waals surface area (Å²) in [5.74, 6) is -0.258. The number of halogens is 1. The third-order valence-electron chi connectivity index (χ3n) is 4.94. The molecule has 158 valence electrons. The fourth-order valence-electron chi connectivity index (χ4n) is 3.28. The lowest BCUT2D eigenvalue weighted by Gasteiger charge is -2.25. The Morgan fingerprint density at radius 1 is 1.20 bits per heavy atom. The molecule has 3 rings (SSSR count). The van der Waals surface area contributed by atoms with Gasteiger partial charge in [0.25, 0.3) is 0 Å². The zero-order valence-corrected chi connectivity index (χ0v) is 17.3. The number of nitrogens with zero attached hydrogens (tertiary/aromatic N) is 5. The topological polar surface area (TPSA) is 97.6 Å². The predicted molar refractivity (Wildman–Crippen MR) is 109 cm³/mol. The molecule has 0 unspecified atom stereocenters. The summed E-state index contributed by atoms with van der Waals surface area (Å²) in [6, 6.07) is 10.0. The van der Waals surface area contributed by atoms with E-state index >= 15 is 0 Å². The van der Waals surface area contributed by atoms with Gasteiger partial charge in [0.15, 0.2) is 0 Å². The highest BCUT2D eigenvalue weighted by Gasteiger charge is 2.27. The van der Waals surface area contributed by atoms with Crippen molar-refractivity contribution in [2.45, 2.75) is 11.3 Å². The van der Waals surface area contributed by atoms with E-state index in [4.69, 9.17) is 0 Å². The lowest BCUT2D eigenvalue weighted by Crippen LogP contribution is -2.42. The number of hydrogen-bond acceptors (Lipinski definition) is 6. The molecule has 30 heavy (non-hydrogen) atoms. The first kappa shape index (κ1) is 21.7. The second-order valence-electron chi connectivity index (χ2n) is 6.92. The minimum absolute atomic E-state index is 0.0690. The number of amides is 1. The number of sulfonamides is 1. The van der Waals surface area contributed by atoms with Crippen molar-refractivity contribution in [3.63, 3.8) is 0 Å². The van der Waals surface area contributed by atoms with Gasteiger partial charge in [0, 0.05) is 39.4 Å². The predicted octanol–water partition coefficient (Wildman–Crippen LogP) is 1.45. The molecule has 0 radical (unpaired) electrons. The summed E-state index contributed by atoms with van der Waals surface area (Å²) in [4.78, 5) is 20.5. The summed E-state index contributed by atoms with van der Waals surface area (Å²) < 4.78 is 39.3. The molecule has 0 atom stereocenters. The van der Waals surface area contributed by atoms with Gasteiger partial charge in [-0.05, 0) is 42.8 Å². The van der Waals surface area contributed by atoms with Crippen LogP contribution in [-0.2, 0) is 14.8 Å². The van der Waals surface area contributed by atoms with E-state index in [0.717, 1.165) is 16.4 Å². The van der Waals surface area contributed by atoms with Crippen LogP contribution >= 0.6 is 0 Å². The number of nitriles is 1. The third-order valence-corrected chi connectivity index (χ3v) is 6.75. The smallest absolute Gasteiger partial charge is 0.243 e. The van der Waals surface area contributed by atoms with E-state index in [9.17, 15) is 22.9 Å². The van der Waals surface area contributed by atoms with Crippen LogP contribution in [0.2, 0.25) is 0 Å². The normalized spacial score (nSPS) is 15.0. The maximum atomic E-state index is 13.1. The summed E-state index contributed by atoms with van der Waals surface area (Å²) in [6.45, 7) is 1.69. The number of anilines is 1. The molecular formula is C20H22FN5O3S. The van der Waals surface area contributed by atoms with Gasteiger partial charge in [-0.2, -0.15) is 9.57 Å². The molecule has 1 aliphatic heterocycles. The van der Waals surface area contributed by atoms with Crippen molar-refractivity contribution >= 4 is 21.7 Å². The molecule has 0 N–H and O–H groups in total. The van der Waals surface area contributed by atoms with E-state index < -0.39 is 15.8 Å². The van der Waals surface area contributed by atoms with Crippen LogP contribution in [-0.4, -0.2) is 68.3 Å². The SMILES string of the molecule is CN(CC(=O)N1CCCN(c2ncccc2C#N)CC1)S(=O)(=O)c1ccc(F)cc1. The number of rotatable bonds is 5. The highest BCUT2D eigenvalue weighted by molar-refractivity contribution is 7.89. The maximum Gasteiger partial charge on any atom is 0.243 e. The zero-order chi connectivity index (χ0) is 21.7. The molecule has 8 nitrogen and oxygen atoms in total. The van der Waals surface area contributed by atoms with Crippen molar-refractivity contribution in [3.05, 3.63) is 54.0 Å². The van der Waals surface area contributed by atoms with Crippen molar-refractivity contribution in [2.75, 3.05) is 44.7 Å². The summed E-state index contributed by atoms with van der Waals surface area (Å²) in [7, 11) is -2.57. The van der Waals surface area contributed by atoms with E-state index in [-0.39, 0.29) is 17.3 Å². The monoisotopic (exact) mass is 431 g/mol. The van der Waals surface area contributed by atoms with Crippen LogP contribution in [0.4, 0.5) is 10.2 Å². The summed E-state index contributed by atoms with van der Waals surface area (Å²) in [5, 5.41) is 9.28. The quantitative estimate of drug-likeness (QED) is 0.711. The number of benzene rings is 1. The Morgan fingerprint density at radius 3 is 2.63 bits per heavy atom. The Labute approximate surface area is 175 Å². The molecule has 0 saturated carbocycles. The minimum atomic E-state index is -3.90. The Bertz CT molecular complexity index is 1050. The molecule has 1 amide bonds. The van der Waals surface area contributed by atoms with Crippen LogP contribution in [0.15, 0.2) is 47.5 Å². The lowest BCUT2D eigenvalue weighted by atomic mass is 10.2. The number of carbonyl (C=O) groups is 1.